The number of carbonyl (C=O) groups excluding carboxylic acids is 2. The van der Waals surface area contributed by atoms with Gasteiger partial charge in [-0.25, -0.2) is 4.79 Å². The summed E-state index contributed by atoms with van der Waals surface area (Å²) in [5, 5.41) is 5.21. The highest BCUT2D eigenvalue weighted by molar-refractivity contribution is 5.99. The molecular weight excluding hydrogens is 362 g/mol. The predicted octanol–water partition coefficient (Wildman–Crippen LogP) is 2.67. The van der Waals surface area contributed by atoms with Crippen LogP contribution in [0.2, 0.25) is 0 Å². The van der Waals surface area contributed by atoms with E-state index < -0.39 is 11.7 Å². The first kappa shape index (κ1) is 19.2. The molecule has 2 amide bonds. The Kier molecular flexibility index (Phi) is 6.11. The maximum absolute atomic E-state index is 12.2. The highest BCUT2D eigenvalue weighted by Gasteiger charge is 2.10. The molecule has 0 bridgehead atoms. The third-order valence-electron chi connectivity index (χ3n) is 4.00. The van der Waals surface area contributed by atoms with Gasteiger partial charge in [0.25, 0.3) is 5.91 Å². The summed E-state index contributed by atoms with van der Waals surface area (Å²) in [5.74, 6) is -0.606. The second-order valence-corrected chi connectivity index (χ2v) is 6.18. The Balaban J connectivity index is 1.50. The van der Waals surface area contributed by atoms with E-state index in [0.29, 0.717) is 34.7 Å². The minimum absolute atomic E-state index is 0.187. The van der Waals surface area contributed by atoms with Crippen LogP contribution in [0.3, 0.4) is 0 Å². The largest absolute Gasteiger partial charge is 0.494 e. The molecule has 0 saturated carbocycles. The Labute approximate surface area is 160 Å². The fourth-order valence-corrected chi connectivity index (χ4v) is 2.53. The van der Waals surface area contributed by atoms with Crippen LogP contribution in [0.15, 0.2) is 51.7 Å². The van der Waals surface area contributed by atoms with Crippen LogP contribution in [-0.4, -0.2) is 29.9 Å². The van der Waals surface area contributed by atoms with Crippen LogP contribution in [0, 0.1) is 0 Å². The molecule has 2 aromatic carbocycles. The average molecular weight is 383 g/mol. The highest BCUT2D eigenvalue weighted by atomic mass is 16.5. The molecule has 1 aromatic heterocycles. The Morgan fingerprint density at radius 3 is 2.68 bits per heavy atom. The number of hydrogen-bond acceptors (Lipinski definition) is 5. The van der Waals surface area contributed by atoms with Gasteiger partial charge in [-0.1, -0.05) is 13.3 Å². The molecule has 3 rings (SSSR count). The minimum Gasteiger partial charge on any atom is -0.494 e. The van der Waals surface area contributed by atoms with Crippen LogP contribution in [0.1, 0.15) is 30.1 Å². The summed E-state index contributed by atoms with van der Waals surface area (Å²) in [7, 11) is 0. The predicted molar refractivity (Wildman–Crippen MR) is 105 cm³/mol. The molecule has 3 aromatic rings. The molecule has 0 spiro atoms. The van der Waals surface area contributed by atoms with Crippen molar-refractivity contribution in [2.24, 2.45) is 0 Å². The van der Waals surface area contributed by atoms with Crippen molar-refractivity contribution >= 4 is 28.6 Å². The lowest BCUT2D eigenvalue weighted by molar-refractivity contribution is -0.115. The number of hydrogen-bond donors (Lipinski definition) is 3. The van der Waals surface area contributed by atoms with Gasteiger partial charge in [0.15, 0.2) is 5.58 Å². The van der Waals surface area contributed by atoms with Gasteiger partial charge in [0, 0.05) is 11.3 Å². The van der Waals surface area contributed by atoms with E-state index in [1.165, 1.54) is 0 Å². The van der Waals surface area contributed by atoms with Gasteiger partial charge in [0.1, 0.15) is 5.75 Å². The second kappa shape index (κ2) is 8.90. The van der Waals surface area contributed by atoms with Crippen LogP contribution in [-0.2, 0) is 4.79 Å². The van der Waals surface area contributed by atoms with E-state index >= 15 is 0 Å². The van der Waals surface area contributed by atoms with Crippen molar-refractivity contribution in [2.75, 3.05) is 18.5 Å². The zero-order valence-corrected chi connectivity index (χ0v) is 15.4. The summed E-state index contributed by atoms with van der Waals surface area (Å²) in [6.07, 6.45) is 2.03. The molecule has 1 heterocycles. The summed E-state index contributed by atoms with van der Waals surface area (Å²) >= 11 is 0. The second-order valence-electron chi connectivity index (χ2n) is 6.18. The number of H-pyrrole nitrogens is 1. The first-order valence-electron chi connectivity index (χ1n) is 8.99. The van der Waals surface area contributed by atoms with Crippen LogP contribution in [0.5, 0.6) is 5.75 Å². The Hall–Kier alpha value is -3.55. The molecule has 8 nitrogen and oxygen atoms in total. The highest BCUT2D eigenvalue weighted by Crippen LogP contribution is 2.16. The van der Waals surface area contributed by atoms with Crippen molar-refractivity contribution < 1.29 is 18.7 Å². The first-order valence-corrected chi connectivity index (χ1v) is 8.99. The molecule has 0 fully saturated rings. The SMILES string of the molecule is CCCCOc1ccc(C(=O)NCC(=O)Nc2ccc3oc(=O)[nH]c3c2)cc1. The number of anilines is 1. The number of ether oxygens (including phenoxy) is 1. The monoisotopic (exact) mass is 383 g/mol. The maximum atomic E-state index is 12.2. The number of rotatable bonds is 8. The lowest BCUT2D eigenvalue weighted by Crippen LogP contribution is -2.32. The van der Waals surface area contributed by atoms with E-state index in [-0.39, 0.29) is 12.5 Å². The van der Waals surface area contributed by atoms with Crippen molar-refractivity contribution in [3.8, 4) is 5.75 Å². The molecule has 0 unspecified atom stereocenters. The maximum Gasteiger partial charge on any atom is 0.417 e. The number of oxazole rings is 1. The first-order chi connectivity index (χ1) is 13.5. The molecular formula is C20H21N3O5. The van der Waals surface area contributed by atoms with Gasteiger partial charge in [-0.05, 0) is 48.9 Å². The van der Waals surface area contributed by atoms with Gasteiger partial charge in [-0.2, -0.15) is 0 Å². The van der Waals surface area contributed by atoms with Crippen molar-refractivity contribution in [2.45, 2.75) is 19.8 Å². The van der Waals surface area contributed by atoms with E-state index in [9.17, 15) is 14.4 Å². The normalized spacial score (nSPS) is 10.6. The van der Waals surface area contributed by atoms with Crippen molar-refractivity contribution in [3.63, 3.8) is 0 Å². The molecule has 0 radical (unpaired) electrons. The summed E-state index contributed by atoms with van der Waals surface area (Å²) in [4.78, 5) is 37.9. The van der Waals surface area contributed by atoms with E-state index in [1.54, 1.807) is 42.5 Å². The number of amides is 2. The molecule has 0 aliphatic heterocycles. The Bertz CT molecular complexity index is 1020. The third kappa shape index (κ3) is 5.00. The summed E-state index contributed by atoms with van der Waals surface area (Å²) < 4.78 is 10.5. The van der Waals surface area contributed by atoms with Gasteiger partial charge < -0.3 is 19.8 Å². The zero-order chi connectivity index (χ0) is 19.9. The standard InChI is InChI=1S/C20H21N3O5/c1-2-3-10-27-15-7-4-13(5-8-15)19(25)21-12-18(24)22-14-6-9-17-16(11-14)23-20(26)28-17/h4-9,11H,2-3,10,12H2,1H3,(H,21,25)(H,22,24)(H,23,26). The molecule has 0 aliphatic rings. The number of nitrogens with one attached hydrogen (secondary N) is 3. The molecule has 0 aliphatic carbocycles. The lowest BCUT2D eigenvalue weighted by Gasteiger charge is -2.08. The topological polar surface area (TPSA) is 113 Å². The minimum atomic E-state index is -0.562. The fourth-order valence-electron chi connectivity index (χ4n) is 2.53. The molecule has 146 valence electrons. The Morgan fingerprint density at radius 1 is 1.14 bits per heavy atom. The van der Waals surface area contributed by atoms with E-state index in [1.807, 2.05) is 0 Å². The smallest absolute Gasteiger partial charge is 0.417 e. The van der Waals surface area contributed by atoms with Gasteiger partial charge in [0.2, 0.25) is 5.91 Å². The van der Waals surface area contributed by atoms with E-state index in [0.717, 1.165) is 12.8 Å². The van der Waals surface area contributed by atoms with Gasteiger partial charge in [0.05, 0.1) is 18.7 Å². The van der Waals surface area contributed by atoms with Crippen molar-refractivity contribution in [3.05, 3.63) is 58.6 Å². The van der Waals surface area contributed by atoms with Crippen LogP contribution in [0.25, 0.3) is 11.1 Å². The summed E-state index contributed by atoms with van der Waals surface area (Å²) in [6.45, 7) is 2.54. The van der Waals surface area contributed by atoms with Crippen LogP contribution < -0.4 is 21.1 Å². The molecule has 0 atom stereocenters. The molecule has 3 N–H and O–H groups in total. The summed E-state index contributed by atoms with van der Waals surface area (Å²) in [5.41, 5.74) is 1.80. The quantitative estimate of drug-likeness (QED) is 0.518. The van der Waals surface area contributed by atoms with Gasteiger partial charge in [-0.15, -0.1) is 0 Å². The number of unbranched alkanes of at least 4 members (excludes halogenated alkanes) is 1. The summed E-state index contributed by atoms with van der Waals surface area (Å²) in [6, 6.07) is 11.5. The third-order valence-corrected chi connectivity index (χ3v) is 4.00. The Morgan fingerprint density at radius 2 is 1.93 bits per heavy atom. The number of aromatic nitrogens is 1. The van der Waals surface area contributed by atoms with E-state index in [2.05, 4.69) is 22.5 Å². The average Bonchev–Trinajstić information content (AvgIpc) is 3.06. The number of fused-ring (bicyclic) bond motifs is 1. The van der Waals surface area contributed by atoms with Crippen LogP contribution >= 0.6 is 0 Å². The molecule has 0 saturated heterocycles. The number of aromatic amines is 1. The van der Waals surface area contributed by atoms with Crippen LogP contribution in [0.4, 0.5) is 5.69 Å². The van der Waals surface area contributed by atoms with E-state index in [4.69, 9.17) is 9.15 Å². The number of benzene rings is 2. The zero-order valence-electron chi connectivity index (χ0n) is 15.4. The fraction of sp³-hybridized carbons (Fsp3) is 0.250. The molecule has 28 heavy (non-hydrogen) atoms. The van der Waals surface area contributed by atoms with Crippen molar-refractivity contribution in [1.29, 1.82) is 0 Å². The van der Waals surface area contributed by atoms with Gasteiger partial charge >= 0.3 is 5.76 Å². The van der Waals surface area contributed by atoms with Crippen molar-refractivity contribution in [1.82, 2.24) is 10.3 Å². The molecule has 8 heteroatoms. The lowest BCUT2D eigenvalue weighted by atomic mass is 10.2. The number of carbonyl (C=O) groups is 2. The van der Waals surface area contributed by atoms with Gasteiger partial charge in [-0.3, -0.25) is 14.6 Å².